The Morgan fingerprint density at radius 3 is 2.88 bits per heavy atom. The minimum absolute atomic E-state index is 0.00265. The van der Waals surface area contributed by atoms with Gasteiger partial charge in [0.05, 0.1) is 6.42 Å². The van der Waals surface area contributed by atoms with Crippen LogP contribution in [0.2, 0.25) is 0 Å². The lowest BCUT2D eigenvalue weighted by atomic mass is 10.2. The summed E-state index contributed by atoms with van der Waals surface area (Å²) in [5.41, 5.74) is 0.551. The van der Waals surface area contributed by atoms with E-state index in [0.717, 1.165) is 0 Å². The largest absolute Gasteiger partial charge is 0.461 e. The second-order valence-electron chi connectivity index (χ2n) is 3.15. The highest BCUT2D eigenvalue weighted by molar-refractivity contribution is 7.80. The third-order valence-electron chi connectivity index (χ3n) is 1.88. The van der Waals surface area contributed by atoms with Gasteiger partial charge in [-0.25, -0.2) is 4.39 Å². The fraction of sp³-hybridized carbons (Fsp3) is 0.273. The van der Waals surface area contributed by atoms with Crippen molar-refractivity contribution in [1.29, 1.82) is 0 Å². The topological polar surface area (TPSA) is 43.4 Å². The third-order valence-corrected chi connectivity index (χ3v) is 2.24. The lowest BCUT2D eigenvalue weighted by Crippen LogP contribution is -2.04. The molecule has 0 saturated carbocycles. The molecule has 0 aliphatic rings. The predicted molar refractivity (Wildman–Crippen MR) is 58.7 cm³/mol. The number of thiol groups is 1. The first-order chi connectivity index (χ1) is 7.63. The van der Waals surface area contributed by atoms with Crippen LogP contribution in [0, 0.1) is 5.82 Å². The molecule has 0 atom stereocenters. The van der Waals surface area contributed by atoms with Crippen LogP contribution < -0.4 is 0 Å². The molecule has 1 rings (SSSR count). The molecule has 16 heavy (non-hydrogen) atoms. The molecule has 0 saturated heterocycles. The molecule has 0 heterocycles. The van der Waals surface area contributed by atoms with Crippen LogP contribution in [0.15, 0.2) is 23.1 Å². The van der Waals surface area contributed by atoms with Crippen LogP contribution in [0.1, 0.15) is 18.4 Å². The van der Waals surface area contributed by atoms with Crippen molar-refractivity contribution in [2.45, 2.75) is 24.3 Å². The van der Waals surface area contributed by atoms with Gasteiger partial charge in [-0.1, -0.05) is 6.07 Å². The molecule has 0 spiro atoms. The van der Waals surface area contributed by atoms with Crippen LogP contribution >= 0.6 is 12.6 Å². The molecule has 0 aliphatic carbocycles. The second kappa shape index (κ2) is 6.27. The summed E-state index contributed by atoms with van der Waals surface area (Å²) in [7, 11) is 0. The van der Waals surface area contributed by atoms with Crippen molar-refractivity contribution in [1.82, 2.24) is 0 Å². The van der Waals surface area contributed by atoms with Crippen LogP contribution in [-0.2, 0) is 20.9 Å². The Hall–Kier alpha value is -1.36. The Kier molecular flexibility index (Phi) is 4.98. The fourth-order valence-corrected chi connectivity index (χ4v) is 1.19. The van der Waals surface area contributed by atoms with E-state index in [0.29, 0.717) is 11.8 Å². The Bertz CT molecular complexity index is 393. The summed E-state index contributed by atoms with van der Waals surface area (Å²) in [6, 6.07) is 4.38. The highest BCUT2D eigenvalue weighted by Crippen LogP contribution is 2.14. The zero-order valence-electron chi connectivity index (χ0n) is 8.48. The minimum Gasteiger partial charge on any atom is -0.461 e. The normalized spacial score (nSPS) is 9.88. The van der Waals surface area contributed by atoms with E-state index >= 15 is 0 Å². The summed E-state index contributed by atoms with van der Waals surface area (Å²) in [6.45, 7) is 0.00265. The van der Waals surface area contributed by atoms with E-state index < -0.39 is 11.8 Å². The van der Waals surface area contributed by atoms with E-state index in [-0.39, 0.29) is 24.3 Å². The lowest BCUT2D eigenvalue weighted by molar-refractivity contribution is -0.145. The Labute approximate surface area is 98.0 Å². The Morgan fingerprint density at radius 2 is 2.25 bits per heavy atom. The molecule has 0 bridgehead atoms. The first-order valence-corrected chi connectivity index (χ1v) is 5.15. The fourth-order valence-electron chi connectivity index (χ4n) is 1.05. The Balaban J connectivity index is 2.45. The zero-order chi connectivity index (χ0) is 12.0. The number of rotatable bonds is 5. The molecular weight excluding hydrogens is 231 g/mol. The SMILES string of the molecule is O=CCCC(=O)OCc1ccc(S)c(F)c1. The quantitative estimate of drug-likeness (QED) is 0.488. The van der Waals surface area contributed by atoms with Gasteiger partial charge >= 0.3 is 5.97 Å². The van der Waals surface area contributed by atoms with Gasteiger partial charge in [0.25, 0.3) is 0 Å². The highest BCUT2D eigenvalue weighted by Gasteiger charge is 2.04. The predicted octanol–water partition coefficient (Wildman–Crippen LogP) is 2.14. The number of carbonyl (C=O) groups is 2. The number of benzene rings is 1. The molecule has 0 N–H and O–H groups in total. The summed E-state index contributed by atoms with van der Waals surface area (Å²) >= 11 is 3.88. The molecule has 0 aliphatic heterocycles. The van der Waals surface area contributed by atoms with Crippen molar-refractivity contribution in [3.05, 3.63) is 29.6 Å². The van der Waals surface area contributed by atoms with E-state index in [1.54, 1.807) is 6.07 Å². The van der Waals surface area contributed by atoms with Crippen LogP contribution in [0.3, 0.4) is 0 Å². The molecular formula is C11H11FO3S. The van der Waals surface area contributed by atoms with Crippen molar-refractivity contribution in [3.8, 4) is 0 Å². The van der Waals surface area contributed by atoms with E-state index in [1.807, 2.05) is 0 Å². The van der Waals surface area contributed by atoms with Crippen LogP contribution in [0.25, 0.3) is 0 Å². The minimum atomic E-state index is -0.470. The molecule has 0 fully saturated rings. The summed E-state index contributed by atoms with van der Waals surface area (Å²) in [4.78, 5) is 21.3. The van der Waals surface area contributed by atoms with Crippen molar-refractivity contribution in [3.63, 3.8) is 0 Å². The summed E-state index contributed by atoms with van der Waals surface area (Å²) in [5.74, 6) is -0.924. The molecule has 0 amide bonds. The van der Waals surface area contributed by atoms with Crippen molar-refractivity contribution >= 4 is 24.9 Å². The maximum absolute atomic E-state index is 13.0. The van der Waals surface area contributed by atoms with Gasteiger partial charge in [0, 0.05) is 11.3 Å². The average Bonchev–Trinajstić information content (AvgIpc) is 2.28. The first kappa shape index (κ1) is 12.7. The molecule has 0 radical (unpaired) electrons. The monoisotopic (exact) mass is 242 g/mol. The van der Waals surface area contributed by atoms with E-state index in [9.17, 15) is 14.0 Å². The number of aldehydes is 1. The van der Waals surface area contributed by atoms with Gasteiger partial charge in [-0.2, -0.15) is 0 Å². The molecule has 3 nitrogen and oxygen atoms in total. The Morgan fingerprint density at radius 1 is 1.50 bits per heavy atom. The molecule has 1 aromatic carbocycles. The van der Waals surface area contributed by atoms with Gasteiger partial charge in [-0.05, 0) is 17.7 Å². The van der Waals surface area contributed by atoms with E-state index in [1.165, 1.54) is 12.1 Å². The van der Waals surface area contributed by atoms with Crippen LogP contribution in [0.5, 0.6) is 0 Å². The summed E-state index contributed by atoms with van der Waals surface area (Å²) < 4.78 is 17.9. The van der Waals surface area contributed by atoms with Gasteiger partial charge in [0.2, 0.25) is 0 Å². The van der Waals surface area contributed by atoms with Crippen molar-refractivity contribution < 1.29 is 18.7 Å². The van der Waals surface area contributed by atoms with Gasteiger partial charge in [0.1, 0.15) is 18.7 Å². The number of hydrogen-bond donors (Lipinski definition) is 1. The first-order valence-electron chi connectivity index (χ1n) is 4.70. The van der Waals surface area contributed by atoms with Gasteiger partial charge < -0.3 is 9.53 Å². The summed E-state index contributed by atoms with van der Waals surface area (Å²) in [6.07, 6.45) is 0.843. The van der Waals surface area contributed by atoms with E-state index in [4.69, 9.17) is 4.74 Å². The second-order valence-corrected chi connectivity index (χ2v) is 3.63. The maximum Gasteiger partial charge on any atom is 0.306 e. The maximum atomic E-state index is 13.0. The highest BCUT2D eigenvalue weighted by atomic mass is 32.1. The average molecular weight is 242 g/mol. The smallest absolute Gasteiger partial charge is 0.306 e. The standard InChI is InChI=1S/C11H11FO3S/c12-9-6-8(3-4-10(9)16)7-15-11(14)2-1-5-13/h3-6,16H,1-2,7H2. The number of halogens is 1. The van der Waals surface area contributed by atoms with Crippen LogP contribution in [-0.4, -0.2) is 12.3 Å². The van der Waals surface area contributed by atoms with Gasteiger partial charge in [-0.3, -0.25) is 4.79 Å². The number of carbonyl (C=O) groups excluding carboxylic acids is 2. The molecule has 86 valence electrons. The molecule has 5 heteroatoms. The zero-order valence-corrected chi connectivity index (χ0v) is 9.38. The van der Waals surface area contributed by atoms with Crippen molar-refractivity contribution in [2.24, 2.45) is 0 Å². The lowest BCUT2D eigenvalue weighted by Gasteiger charge is -2.04. The van der Waals surface area contributed by atoms with Gasteiger partial charge in [0.15, 0.2) is 0 Å². The molecule has 1 aromatic rings. The summed E-state index contributed by atoms with van der Waals surface area (Å²) in [5, 5.41) is 0. The van der Waals surface area contributed by atoms with Gasteiger partial charge in [-0.15, -0.1) is 12.6 Å². The van der Waals surface area contributed by atoms with E-state index in [2.05, 4.69) is 12.6 Å². The van der Waals surface area contributed by atoms with Crippen molar-refractivity contribution in [2.75, 3.05) is 0 Å². The number of hydrogen-bond acceptors (Lipinski definition) is 4. The number of ether oxygens (including phenoxy) is 1. The molecule has 0 aromatic heterocycles. The third kappa shape index (κ3) is 4.02. The molecule has 0 unspecified atom stereocenters. The van der Waals surface area contributed by atoms with Crippen LogP contribution in [0.4, 0.5) is 4.39 Å². The number of esters is 1.